The lowest BCUT2D eigenvalue weighted by Gasteiger charge is -2.22. The van der Waals surface area contributed by atoms with Crippen LogP contribution >= 0.6 is 15.9 Å². The molecule has 0 bridgehead atoms. The molecule has 5 heteroatoms. The average Bonchev–Trinajstić information content (AvgIpc) is 3.15. The second-order valence-electron chi connectivity index (χ2n) is 5.33. The molecule has 1 aromatic rings. The molecule has 4 nitrogen and oxygen atoms in total. The zero-order valence-corrected chi connectivity index (χ0v) is 12.6. The van der Waals surface area contributed by atoms with Gasteiger partial charge in [-0.2, -0.15) is 0 Å². The van der Waals surface area contributed by atoms with E-state index in [0.717, 1.165) is 17.3 Å². The summed E-state index contributed by atoms with van der Waals surface area (Å²) >= 11 is 3.33. The van der Waals surface area contributed by atoms with Gasteiger partial charge in [-0.3, -0.25) is 9.59 Å². The fourth-order valence-electron chi connectivity index (χ4n) is 1.52. The Morgan fingerprint density at radius 1 is 1.16 bits per heavy atom. The van der Waals surface area contributed by atoms with Crippen LogP contribution in [0.2, 0.25) is 0 Å². The van der Waals surface area contributed by atoms with Gasteiger partial charge in [0, 0.05) is 16.2 Å². The van der Waals surface area contributed by atoms with Gasteiger partial charge in [0.25, 0.3) is 0 Å². The van der Waals surface area contributed by atoms with Crippen molar-refractivity contribution in [3.63, 3.8) is 0 Å². The fraction of sp³-hybridized carbons (Fsp3) is 0.429. The zero-order valence-electron chi connectivity index (χ0n) is 11.0. The third-order valence-electron chi connectivity index (χ3n) is 3.15. The van der Waals surface area contributed by atoms with Gasteiger partial charge in [-0.25, -0.2) is 0 Å². The van der Waals surface area contributed by atoms with Crippen LogP contribution in [-0.4, -0.2) is 17.9 Å². The molecule has 0 radical (unpaired) electrons. The first kappa shape index (κ1) is 14.1. The maximum atomic E-state index is 12.2. The van der Waals surface area contributed by atoms with E-state index >= 15 is 0 Å². The normalized spacial score (nSPS) is 14.9. The van der Waals surface area contributed by atoms with Crippen molar-refractivity contribution in [3.8, 4) is 0 Å². The molecule has 2 N–H and O–H groups in total. The topological polar surface area (TPSA) is 58.2 Å². The molecule has 1 saturated carbocycles. The van der Waals surface area contributed by atoms with Crippen molar-refractivity contribution in [2.75, 3.05) is 5.32 Å². The molecule has 102 valence electrons. The van der Waals surface area contributed by atoms with E-state index in [0.29, 0.717) is 5.69 Å². The van der Waals surface area contributed by atoms with Crippen LogP contribution in [-0.2, 0) is 9.59 Å². The molecular formula is C14H17BrN2O2. The molecule has 0 heterocycles. The Balaban J connectivity index is 2.00. The number of benzene rings is 1. The molecule has 1 aliphatic carbocycles. The van der Waals surface area contributed by atoms with Crippen LogP contribution in [0.25, 0.3) is 0 Å². The number of halogens is 1. The van der Waals surface area contributed by atoms with Gasteiger partial charge < -0.3 is 10.6 Å². The van der Waals surface area contributed by atoms with Crippen molar-refractivity contribution >= 4 is 33.4 Å². The quantitative estimate of drug-likeness (QED) is 0.836. The molecule has 2 rings (SSSR count). The van der Waals surface area contributed by atoms with Crippen molar-refractivity contribution in [1.29, 1.82) is 0 Å². The van der Waals surface area contributed by atoms with Gasteiger partial charge >= 0.3 is 0 Å². The van der Waals surface area contributed by atoms with Crippen LogP contribution in [0, 0.1) is 5.41 Å². The lowest BCUT2D eigenvalue weighted by atomic mass is 9.91. The monoisotopic (exact) mass is 324 g/mol. The Labute approximate surface area is 121 Å². The molecule has 0 atom stereocenters. The minimum atomic E-state index is -1.07. The molecule has 0 aromatic heterocycles. The van der Waals surface area contributed by atoms with E-state index in [9.17, 15) is 9.59 Å². The summed E-state index contributed by atoms with van der Waals surface area (Å²) in [4.78, 5) is 24.2. The smallest absolute Gasteiger partial charge is 0.239 e. The number of anilines is 1. The number of rotatable bonds is 4. The van der Waals surface area contributed by atoms with E-state index in [1.54, 1.807) is 26.0 Å². The Morgan fingerprint density at radius 2 is 1.74 bits per heavy atom. The highest BCUT2D eigenvalue weighted by Gasteiger charge is 2.38. The van der Waals surface area contributed by atoms with Crippen LogP contribution in [0.1, 0.15) is 26.7 Å². The molecule has 0 aliphatic heterocycles. The van der Waals surface area contributed by atoms with Crippen LogP contribution in [0.3, 0.4) is 0 Å². The van der Waals surface area contributed by atoms with Gasteiger partial charge in [0.2, 0.25) is 11.8 Å². The fourth-order valence-corrected chi connectivity index (χ4v) is 1.78. The summed E-state index contributed by atoms with van der Waals surface area (Å²) in [6.45, 7) is 3.28. The minimum Gasteiger partial charge on any atom is -0.352 e. The largest absolute Gasteiger partial charge is 0.352 e. The highest BCUT2D eigenvalue weighted by molar-refractivity contribution is 9.10. The van der Waals surface area contributed by atoms with Crippen LogP contribution in [0.4, 0.5) is 5.69 Å². The number of nitrogens with one attached hydrogen (secondary N) is 2. The second-order valence-corrected chi connectivity index (χ2v) is 6.25. The SMILES string of the molecule is CC(C)(C(=O)Nc1ccc(Br)cc1)C(=O)NC1CC1. The lowest BCUT2D eigenvalue weighted by molar-refractivity contribution is -0.138. The average molecular weight is 325 g/mol. The van der Waals surface area contributed by atoms with E-state index in [2.05, 4.69) is 26.6 Å². The summed E-state index contributed by atoms with van der Waals surface area (Å²) in [5.74, 6) is -0.516. The highest BCUT2D eigenvalue weighted by Crippen LogP contribution is 2.24. The first-order valence-electron chi connectivity index (χ1n) is 6.27. The first-order chi connectivity index (χ1) is 8.89. The van der Waals surface area contributed by atoms with Gasteiger partial charge in [-0.1, -0.05) is 15.9 Å². The molecule has 1 fully saturated rings. The molecule has 1 aromatic carbocycles. The van der Waals surface area contributed by atoms with E-state index < -0.39 is 5.41 Å². The first-order valence-corrected chi connectivity index (χ1v) is 7.07. The number of carbonyl (C=O) groups is 2. The summed E-state index contributed by atoms with van der Waals surface area (Å²) in [7, 11) is 0. The summed E-state index contributed by atoms with van der Waals surface area (Å²) in [5, 5.41) is 5.63. The van der Waals surface area contributed by atoms with E-state index in [-0.39, 0.29) is 17.9 Å². The maximum Gasteiger partial charge on any atom is 0.239 e. The summed E-state index contributed by atoms with van der Waals surface area (Å²) in [5.41, 5.74) is -0.393. The molecule has 2 amide bonds. The lowest BCUT2D eigenvalue weighted by Crippen LogP contribution is -2.45. The van der Waals surface area contributed by atoms with Gasteiger partial charge in [-0.15, -0.1) is 0 Å². The standard InChI is InChI=1S/C14H17BrN2O2/c1-14(2,13(19)17-11-7-8-11)12(18)16-10-5-3-9(15)4-6-10/h3-6,11H,7-8H2,1-2H3,(H,16,18)(H,17,19). The number of hydrogen-bond acceptors (Lipinski definition) is 2. The predicted octanol–water partition coefficient (Wildman–Crippen LogP) is 2.69. The number of carbonyl (C=O) groups excluding carboxylic acids is 2. The van der Waals surface area contributed by atoms with E-state index in [1.807, 2.05) is 12.1 Å². The van der Waals surface area contributed by atoms with Crippen molar-refractivity contribution in [2.45, 2.75) is 32.7 Å². The molecule has 0 spiro atoms. The molecule has 19 heavy (non-hydrogen) atoms. The van der Waals surface area contributed by atoms with Crippen LogP contribution in [0.5, 0.6) is 0 Å². The van der Waals surface area contributed by atoms with Crippen LogP contribution in [0.15, 0.2) is 28.7 Å². The molecule has 1 aliphatic rings. The van der Waals surface area contributed by atoms with Crippen molar-refractivity contribution in [2.24, 2.45) is 5.41 Å². The summed E-state index contributed by atoms with van der Waals surface area (Å²) < 4.78 is 0.941. The summed E-state index contributed by atoms with van der Waals surface area (Å²) in [6.07, 6.45) is 2.02. The zero-order chi connectivity index (χ0) is 14.0. The Bertz CT molecular complexity index is 493. The Kier molecular flexibility index (Phi) is 3.94. The number of hydrogen-bond donors (Lipinski definition) is 2. The number of amides is 2. The van der Waals surface area contributed by atoms with Gasteiger partial charge in [0.15, 0.2) is 0 Å². The molecule has 0 unspecified atom stereocenters. The van der Waals surface area contributed by atoms with E-state index in [4.69, 9.17) is 0 Å². The van der Waals surface area contributed by atoms with Crippen molar-refractivity contribution in [3.05, 3.63) is 28.7 Å². The highest BCUT2D eigenvalue weighted by atomic mass is 79.9. The maximum absolute atomic E-state index is 12.2. The van der Waals surface area contributed by atoms with Crippen molar-refractivity contribution in [1.82, 2.24) is 5.32 Å². The minimum absolute atomic E-state index is 0.218. The Hall–Kier alpha value is -1.36. The van der Waals surface area contributed by atoms with Gasteiger partial charge in [0.05, 0.1) is 0 Å². The van der Waals surface area contributed by atoms with Gasteiger partial charge in [-0.05, 0) is 51.0 Å². The summed E-state index contributed by atoms with van der Waals surface area (Å²) in [6, 6.07) is 7.51. The van der Waals surface area contributed by atoms with Crippen LogP contribution < -0.4 is 10.6 Å². The van der Waals surface area contributed by atoms with Crippen molar-refractivity contribution < 1.29 is 9.59 Å². The van der Waals surface area contributed by atoms with Gasteiger partial charge in [0.1, 0.15) is 5.41 Å². The third kappa shape index (κ3) is 3.56. The molecular weight excluding hydrogens is 308 g/mol. The predicted molar refractivity (Wildman–Crippen MR) is 77.7 cm³/mol. The Morgan fingerprint density at radius 3 is 2.26 bits per heavy atom. The third-order valence-corrected chi connectivity index (χ3v) is 3.68. The van der Waals surface area contributed by atoms with E-state index in [1.165, 1.54) is 0 Å². The molecule has 0 saturated heterocycles. The second kappa shape index (κ2) is 5.33.